The highest BCUT2D eigenvalue weighted by Gasteiger charge is 2.25. The second-order valence-corrected chi connectivity index (χ2v) is 5.15. The fraction of sp³-hybridized carbons (Fsp3) is 0.385. The Balaban J connectivity index is 1.80. The Bertz CT molecular complexity index is 531. The lowest BCUT2D eigenvalue weighted by Gasteiger charge is -2.28. The van der Waals surface area contributed by atoms with Crippen LogP contribution in [0.15, 0.2) is 30.5 Å². The summed E-state index contributed by atoms with van der Waals surface area (Å²) in [5, 5.41) is 0. The number of aromatic nitrogens is 2. The van der Waals surface area contributed by atoms with Gasteiger partial charge in [0.25, 0.3) is 0 Å². The summed E-state index contributed by atoms with van der Waals surface area (Å²) in [5.41, 5.74) is 6.31. The smallest absolute Gasteiger partial charge is 0.0926 e. The van der Waals surface area contributed by atoms with Crippen molar-refractivity contribution in [1.29, 1.82) is 0 Å². The maximum absolute atomic E-state index is 5.89. The molecular weight excluding hydrogens is 260 g/mol. The number of nitrogens with two attached hydrogens (primary N) is 1. The van der Waals surface area contributed by atoms with Crippen LogP contribution >= 0.6 is 11.7 Å². The van der Waals surface area contributed by atoms with Gasteiger partial charge in [-0.2, -0.15) is 8.75 Å². The van der Waals surface area contributed by atoms with Crippen molar-refractivity contribution in [3.63, 3.8) is 0 Å². The molecule has 0 aliphatic carbocycles. The van der Waals surface area contributed by atoms with Crippen LogP contribution < -0.4 is 11.3 Å². The Morgan fingerprint density at radius 2 is 2.37 bits per heavy atom. The fourth-order valence-corrected chi connectivity index (χ4v) is 2.96. The summed E-state index contributed by atoms with van der Waals surface area (Å²) in [6, 6.07) is 8.39. The largest absolute Gasteiger partial charge is 0.373 e. The van der Waals surface area contributed by atoms with Crippen LogP contribution in [-0.4, -0.2) is 15.4 Å². The first-order valence-corrected chi connectivity index (χ1v) is 7.04. The van der Waals surface area contributed by atoms with Crippen molar-refractivity contribution >= 4 is 11.7 Å². The Morgan fingerprint density at radius 3 is 3.16 bits per heavy atom. The zero-order valence-electron chi connectivity index (χ0n) is 10.5. The second-order valence-electron chi connectivity index (χ2n) is 4.60. The number of hydrazine groups is 1. The maximum atomic E-state index is 5.89. The molecule has 0 spiro atoms. The number of ether oxygens (including phenoxy) is 1. The molecule has 1 aromatic heterocycles. The van der Waals surface area contributed by atoms with Crippen LogP contribution in [0.4, 0.5) is 0 Å². The molecule has 2 heterocycles. The van der Waals surface area contributed by atoms with Crippen LogP contribution in [0.3, 0.4) is 0 Å². The van der Waals surface area contributed by atoms with Gasteiger partial charge in [0, 0.05) is 6.42 Å². The van der Waals surface area contributed by atoms with Gasteiger partial charge in [0.2, 0.25) is 0 Å². The molecule has 2 atom stereocenters. The molecule has 0 fully saturated rings. The number of fused-ring (bicyclic) bond motifs is 1. The van der Waals surface area contributed by atoms with Gasteiger partial charge < -0.3 is 4.74 Å². The monoisotopic (exact) mass is 276 g/mol. The third-order valence-corrected chi connectivity index (χ3v) is 3.97. The number of hydrogen-bond acceptors (Lipinski definition) is 6. The predicted octanol–water partition coefficient (Wildman–Crippen LogP) is 1.75. The molecule has 1 aliphatic heterocycles. The highest BCUT2D eigenvalue weighted by Crippen LogP contribution is 2.33. The van der Waals surface area contributed by atoms with Gasteiger partial charge >= 0.3 is 0 Å². The summed E-state index contributed by atoms with van der Waals surface area (Å²) in [7, 11) is 0. The lowest BCUT2D eigenvalue weighted by atomic mass is 9.93. The van der Waals surface area contributed by atoms with Crippen molar-refractivity contribution in [2.24, 2.45) is 5.84 Å². The first-order chi connectivity index (χ1) is 9.38. The molecule has 3 N–H and O–H groups in total. The van der Waals surface area contributed by atoms with Crippen molar-refractivity contribution in [3.05, 3.63) is 47.3 Å². The molecule has 1 aliphatic rings. The van der Waals surface area contributed by atoms with Crippen molar-refractivity contribution in [2.75, 3.05) is 6.61 Å². The molecule has 0 bridgehead atoms. The van der Waals surface area contributed by atoms with Gasteiger partial charge in [-0.3, -0.25) is 11.3 Å². The molecule has 0 saturated carbocycles. The van der Waals surface area contributed by atoms with Gasteiger partial charge in [-0.25, -0.2) is 0 Å². The number of nitrogens with zero attached hydrogens (tertiary/aromatic N) is 2. The van der Waals surface area contributed by atoms with E-state index in [1.54, 1.807) is 6.20 Å². The van der Waals surface area contributed by atoms with Crippen LogP contribution in [0.25, 0.3) is 0 Å². The van der Waals surface area contributed by atoms with E-state index >= 15 is 0 Å². The molecule has 3 rings (SSSR count). The average molecular weight is 276 g/mol. The molecule has 100 valence electrons. The lowest BCUT2D eigenvalue weighted by Crippen LogP contribution is -2.31. The van der Waals surface area contributed by atoms with E-state index < -0.39 is 0 Å². The molecule has 0 saturated heterocycles. The van der Waals surface area contributed by atoms with Gasteiger partial charge in [-0.15, -0.1) is 0 Å². The topological polar surface area (TPSA) is 73.1 Å². The average Bonchev–Trinajstić information content (AvgIpc) is 2.99. The summed E-state index contributed by atoms with van der Waals surface area (Å²) in [6.07, 6.45) is 3.56. The lowest BCUT2D eigenvalue weighted by molar-refractivity contribution is 0.0290. The van der Waals surface area contributed by atoms with Crippen LogP contribution in [-0.2, 0) is 11.2 Å². The molecule has 6 heteroatoms. The number of hydrogen-bond donors (Lipinski definition) is 2. The van der Waals surface area contributed by atoms with E-state index in [2.05, 4.69) is 38.4 Å². The molecule has 1 aromatic carbocycles. The summed E-state index contributed by atoms with van der Waals surface area (Å²) < 4.78 is 14.2. The molecule has 2 aromatic rings. The van der Waals surface area contributed by atoms with Gasteiger partial charge in [-0.05, 0) is 17.5 Å². The zero-order chi connectivity index (χ0) is 13.1. The van der Waals surface area contributed by atoms with Gasteiger partial charge in [0.05, 0.1) is 42.4 Å². The van der Waals surface area contributed by atoms with Crippen molar-refractivity contribution in [3.8, 4) is 0 Å². The maximum Gasteiger partial charge on any atom is 0.0926 e. The Morgan fingerprint density at radius 1 is 1.47 bits per heavy atom. The normalized spacial score (nSPS) is 19.9. The quantitative estimate of drug-likeness (QED) is 0.657. The second kappa shape index (κ2) is 5.75. The minimum absolute atomic E-state index is 0.0325. The summed E-state index contributed by atoms with van der Waals surface area (Å²) in [6.45, 7) is 0.758. The Labute approximate surface area is 116 Å². The third kappa shape index (κ3) is 2.66. The van der Waals surface area contributed by atoms with Crippen LogP contribution in [0.2, 0.25) is 0 Å². The Hall–Kier alpha value is -1.34. The highest BCUT2D eigenvalue weighted by atomic mass is 32.1. The zero-order valence-corrected chi connectivity index (χ0v) is 11.3. The predicted molar refractivity (Wildman–Crippen MR) is 73.4 cm³/mol. The van der Waals surface area contributed by atoms with E-state index in [0.29, 0.717) is 0 Å². The van der Waals surface area contributed by atoms with Gasteiger partial charge in [0.1, 0.15) is 0 Å². The minimum atomic E-state index is -0.0325. The molecule has 2 unspecified atom stereocenters. The molecule has 0 radical (unpaired) electrons. The fourth-order valence-electron chi connectivity index (χ4n) is 2.49. The molecule has 5 nitrogen and oxygen atoms in total. The van der Waals surface area contributed by atoms with Crippen molar-refractivity contribution < 1.29 is 4.74 Å². The summed E-state index contributed by atoms with van der Waals surface area (Å²) in [5.74, 6) is 5.63. The van der Waals surface area contributed by atoms with E-state index in [0.717, 1.165) is 25.1 Å². The van der Waals surface area contributed by atoms with E-state index in [9.17, 15) is 0 Å². The first kappa shape index (κ1) is 12.7. The van der Waals surface area contributed by atoms with E-state index in [1.807, 2.05) is 0 Å². The highest BCUT2D eigenvalue weighted by molar-refractivity contribution is 6.99. The van der Waals surface area contributed by atoms with Crippen LogP contribution in [0.1, 0.15) is 35.4 Å². The van der Waals surface area contributed by atoms with Gasteiger partial charge in [-0.1, -0.05) is 24.3 Å². The molecule has 19 heavy (non-hydrogen) atoms. The van der Waals surface area contributed by atoms with Crippen molar-refractivity contribution in [1.82, 2.24) is 14.2 Å². The SMILES string of the molecule is NNC(CC1OCCc2ccccc21)c1cnsn1. The summed E-state index contributed by atoms with van der Waals surface area (Å²) in [4.78, 5) is 0. The van der Waals surface area contributed by atoms with Crippen LogP contribution in [0, 0.1) is 0 Å². The Kier molecular flexibility index (Phi) is 3.84. The third-order valence-electron chi connectivity index (χ3n) is 3.48. The number of rotatable bonds is 4. The van der Waals surface area contributed by atoms with E-state index in [1.165, 1.54) is 22.9 Å². The van der Waals surface area contributed by atoms with Gasteiger partial charge in [0.15, 0.2) is 0 Å². The minimum Gasteiger partial charge on any atom is -0.373 e. The first-order valence-electron chi connectivity index (χ1n) is 6.31. The van der Waals surface area contributed by atoms with Crippen molar-refractivity contribution in [2.45, 2.75) is 25.0 Å². The summed E-state index contributed by atoms with van der Waals surface area (Å²) >= 11 is 1.19. The number of benzene rings is 1. The molecule has 0 amide bonds. The van der Waals surface area contributed by atoms with E-state index in [-0.39, 0.29) is 12.1 Å². The standard InChI is InChI=1S/C13H16N4OS/c14-16-11(12-8-15-19-17-12)7-13-10-4-2-1-3-9(10)5-6-18-13/h1-4,8,11,13,16H,5-7,14H2. The van der Waals surface area contributed by atoms with Crippen LogP contribution in [0.5, 0.6) is 0 Å². The number of nitrogens with one attached hydrogen (secondary N) is 1. The van der Waals surface area contributed by atoms with E-state index in [4.69, 9.17) is 10.6 Å². The molecular formula is C13H16N4OS.